The fourth-order valence-electron chi connectivity index (χ4n) is 2.49. The highest BCUT2D eigenvalue weighted by atomic mass is 35.5. The maximum absolute atomic E-state index is 13.4. The molecule has 2 aromatic heterocycles. The van der Waals surface area contributed by atoms with Gasteiger partial charge >= 0.3 is 6.18 Å². The van der Waals surface area contributed by atoms with E-state index in [-0.39, 0.29) is 21.9 Å². The van der Waals surface area contributed by atoms with Crippen molar-refractivity contribution in [3.63, 3.8) is 0 Å². The van der Waals surface area contributed by atoms with Gasteiger partial charge in [-0.1, -0.05) is 23.4 Å². The zero-order valence-corrected chi connectivity index (χ0v) is 17.1. The molecule has 31 heavy (non-hydrogen) atoms. The van der Waals surface area contributed by atoms with Crippen LogP contribution in [0.25, 0.3) is 0 Å². The van der Waals surface area contributed by atoms with Crippen LogP contribution in [-0.4, -0.2) is 25.8 Å². The molecule has 1 aromatic carbocycles. The molecule has 160 valence electrons. The predicted octanol–water partition coefficient (Wildman–Crippen LogP) is 3.43. The Morgan fingerprint density at radius 2 is 2.03 bits per heavy atom. The number of nitriles is 1. The van der Waals surface area contributed by atoms with Gasteiger partial charge in [0, 0.05) is 11.2 Å². The maximum Gasteiger partial charge on any atom is 0.437 e. The first-order chi connectivity index (χ1) is 14.6. The van der Waals surface area contributed by atoms with Crippen molar-refractivity contribution in [1.82, 2.24) is 19.5 Å². The van der Waals surface area contributed by atoms with Crippen LogP contribution >= 0.6 is 23.4 Å². The van der Waals surface area contributed by atoms with E-state index in [1.807, 2.05) is 0 Å². The van der Waals surface area contributed by atoms with Crippen LogP contribution in [-0.2, 0) is 12.7 Å². The van der Waals surface area contributed by atoms with Gasteiger partial charge in [0.1, 0.15) is 5.75 Å². The highest BCUT2D eigenvalue weighted by molar-refractivity contribution is 7.98. The van der Waals surface area contributed by atoms with Gasteiger partial charge in [0.05, 0.1) is 30.1 Å². The van der Waals surface area contributed by atoms with Gasteiger partial charge < -0.3 is 9.72 Å². The van der Waals surface area contributed by atoms with Crippen molar-refractivity contribution >= 4 is 23.4 Å². The zero-order valence-electron chi connectivity index (χ0n) is 15.5. The van der Waals surface area contributed by atoms with Crippen molar-refractivity contribution in [3.05, 3.63) is 73.3 Å². The van der Waals surface area contributed by atoms with Crippen molar-refractivity contribution in [2.45, 2.75) is 17.9 Å². The Labute approximate surface area is 181 Å². The molecule has 8 nitrogen and oxygen atoms in total. The average Bonchev–Trinajstić information content (AvgIpc) is 2.70. The molecule has 0 spiro atoms. The van der Waals surface area contributed by atoms with Gasteiger partial charge in [0.2, 0.25) is 5.75 Å². The number of alkyl halides is 3. The van der Waals surface area contributed by atoms with E-state index in [1.54, 1.807) is 12.3 Å². The highest BCUT2D eigenvalue weighted by Crippen LogP contribution is 2.35. The minimum absolute atomic E-state index is 0.0202. The third kappa shape index (κ3) is 5.07. The number of rotatable bonds is 5. The molecule has 0 aliphatic heterocycles. The van der Waals surface area contributed by atoms with E-state index >= 15 is 0 Å². The largest absolute Gasteiger partial charge is 0.449 e. The smallest absolute Gasteiger partial charge is 0.437 e. The normalized spacial score (nSPS) is 11.2. The van der Waals surface area contributed by atoms with Crippen LogP contribution in [0.2, 0.25) is 5.02 Å². The topological polar surface area (TPSA) is 114 Å². The van der Waals surface area contributed by atoms with E-state index in [0.717, 1.165) is 16.7 Å². The summed E-state index contributed by atoms with van der Waals surface area (Å²) in [6.07, 6.45) is -1.42. The molecule has 0 fully saturated rings. The third-order valence-corrected chi connectivity index (χ3v) is 4.68. The Hall–Kier alpha value is -3.30. The molecule has 0 unspecified atom stereocenters. The number of nitrogens with zero attached hydrogens (tertiary/aromatic N) is 4. The minimum atomic E-state index is -5.00. The first-order valence-corrected chi connectivity index (χ1v) is 9.90. The molecule has 0 radical (unpaired) electrons. The average molecular weight is 470 g/mol. The van der Waals surface area contributed by atoms with E-state index in [1.165, 1.54) is 24.0 Å². The SMILES string of the molecule is CSc1ncc(Cn2cnc(C(F)(F)F)c(Oc3cc(Cl)cc(C#N)c3)c2=O)c(=O)[nH]1. The molecule has 0 saturated carbocycles. The van der Waals surface area contributed by atoms with Crippen LogP contribution in [0.4, 0.5) is 13.2 Å². The second-order valence-corrected chi connectivity index (χ2v) is 7.22. The number of thioether (sulfide) groups is 1. The lowest BCUT2D eigenvalue weighted by molar-refractivity contribution is -0.142. The Morgan fingerprint density at radius 1 is 1.29 bits per heavy atom. The monoisotopic (exact) mass is 469 g/mol. The first-order valence-electron chi connectivity index (χ1n) is 8.29. The fourth-order valence-corrected chi connectivity index (χ4v) is 3.06. The molecule has 3 aromatic rings. The Balaban J connectivity index is 2.09. The predicted molar refractivity (Wildman–Crippen MR) is 105 cm³/mol. The van der Waals surface area contributed by atoms with Gasteiger partial charge in [-0.3, -0.25) is 14.2 Å². The number of aromatic amines is 1. The molecule has 0 atom stereocenters. The van der Waals surface area contributed by atoms with Gasteiger partial charge in [-0.15, -0.1) is 0 Å². The van der Waals surface area contributed by atoms with Gasteiger partial charge in [-0.2, -0.15) is 18.4 Å². The van der Waals surface area contributed by atoms with Gasteiger partial charge in [-0.25, -0.2) is 9.97 Å². The summed E-state index contributed by atoms with van der Waals surface area (Å²) in [4.78, 5) is 34.7. The number of halogens is 4. The van der Waals surface area contributed by atoms with Crippen LogP contribution in [0.15, 0.2) is 45.5 Å². The van der Waals surface area contributed by atoms with E-state index < -0.39 is 35.3 Å². The molecule has 2 heterocycles. The summed E-state index contributed by atoms with van der Waals surface area (Å²) in [7, 11) is 0. The van der Waals surface area contributed by atoms with Gasteiger partial charge in [0.25, 0.3) is 11.1 Å². The summed E-state index contributed by atoms with van der Waals surface area (Å²) in [6, 6.07) is 5.33. The standard InChI is InChI=1S/C18H11ClF3N5O3S/c1-31-17-24-6-10(15(28)26-17)7-27-8-25-14(18(20,21)22)13(16(27)29)30-12-3-9(5-23)2-11(19)4-12/h2-4,6,8H,7H2,1H3,(H,24,26,28). The lowest BCUT2D eigenvalue weighted by atomic mass is 10.2. The first kappa shape index (κ1) is 22.4. The quantitative estimate of drug-likeness (QED) is 0.449. The highest BCUT2D eigenvalue weighted by Gasteiger charge is 2.38. The second-order valence-electron chi connectivity index (χ2n) is 5.99. The molecule has 0 bridgehead atoms. The number of H-pyrrole nitrogens is 1. The third-order valence-electron chi connectivity index (χ3n) is 3.87. The van der Waals surface area contributed by atoms with E-state index in [4.69, 9.17) is 21.6 Å². The minimum Gasteiger partial charge on any atom is -0.449 e. The van der Waals surface area contributed by atoms with Crippen LogP contribution in [0, 0.1) is 11.3 Å². The summed E-state index contributed by atoms with van der Waals surface area (Å²) in [5.41, 5.74) is -3.25. The van der Waals surface area contributed by atoms with Crippen molar-refractivity contribution in [2.75, 3.05) is 6.26 Å². The summed E-state index contributed by atoms with van der Waals surface area (Å²) >= 11 is 7.03. The molecular formula is C18H11ClF3N5O3S. The Morgan fingerprint density at radius 3 is 2.65 bits per heavy atom. The van der Waals surface area contributed by atoms with Crippen molar-refractivity contribution in [1.29, 1.82) is 5.26 Å². The summed E-state index contributed by atoms with van der Waals surface area (Å²) < 4.78 is 46.2. The number of hydrogen-bond acceptors (Lipinski definition) is 7. The van der Waals surface area contributed by atoms with Crippen molar-refractivity contribution < 1.29 is 17.9 Å². The van der Waals surface area contributed by atoms with Gasteiger partial charge in [0.15, 0.2) is 10.9 Å². The molecule has 1 N–H and O–H groups in total. The number of hydrogen-bond donors (Lipinski definition) is 1. The molecule has 0 aliphatic carbocycles. The lowest BCUT2D eigenvalue weighted by Gasteiger charge is -2.14. The van der Waals surface area contributed by atoms with Crippen LogP contribution < -0.4 is 15.9 Å². The molecular weight excluding hydrogens is 459 g/mol. The Bertz CT molecular complexity index is 1300. The van der Waals surface area contributed by atoms with E-state index in [9.17, 15) is 22.8 Å². The summed E-state index contributed by atoms with van der Waals surface area (Å²) in [6.45, 7) is -0.393. The van der Waals surface area contributed by atoms with Gasteiger partial charge in [-0.05, 0) is 24.5 Å². The maximum atomic E-state index is 13.4. The summed E-state index contributed by atoms with van der Waals surface area (Å²) in [5, 5.41) is 9.36. The molecule has 0 saturated heterocycles. The van der Waals surface area contributed by atoms with Crippen LogP contribution in [0.5, 0.6) is 11.5 Å². The van der Waals surface area contributed by atoms with E-state index in [2.05, 4.69) is 15.0 Å². The summed E-state index contributed by atoms with van der Waals surface area (Å²) in [5.74, 6) is -1.37. The number of benzene rings is 1. The lowest BCUT2D eigenvalue weighted by Crippen LogP contribution is -2.28. The molecule has 13 heteroatoms. The van der Waals surface area contributed by atoms with Crippen LogP contribution in [0.3, 0.4) is 0 Å². The van der Waals surface area contributed by atoms with Crippen molar-refractivity contribution in [2.24, 2.45) is 0 Å². The molecule has 0 aliphatic rings. The molecule has 0 amide bonds. The number of nitrogens with one attached hydrogen (secondary N) is 1. The fraction of sp³-hybridized carbons (Fsp3) is 0.167. The zero-order chi connectivity index (χ0) is 22.8. The number of ether oxygens (including phenoxy) is 1. The number of aromatic nitrogens is 4. The Kier molecular flexibility index (Phi) is 6.37. The second kappa shape index (κ2) is 8.83. The van der Waals surface area contributed by atoms with Crippen LogP contribution in [0.1, 0.15) is 16.8 Å². The van der Waals surface area contributed by atoms with E-state index in [0.29, 0.717) is 11.5 Å². The molecule has 3 rings (SSSR count). The van der Waals surface area contributed by atoms with Crippen molar-refractivity contribution in [3.8, 4) is 17.6 Å².